The number of amides is 1. The third kappa shape index (κ3) is 5.91. The average Bonchev–Trinajstić information content (AvgIpc) is 2.41. The molecule has 0 unspecified atom stereocenters. The maximum Gasteiger partial charge on any atom is 0.221 e. The van der Waals surface area contributed by atoms with Crippen molar-refractivity contribution in [1.29, 1.82) is 0 Å². The minimum atomic E-state index is -0.0883. The molecule has 0 aromatic heterocycles. The number of hydrogen-bond donors (Lipinski definition) is 3. The van der Waals surface area contributed by atoms with Crippen LogP contribution >= 0.6 is 0 Å². The zero-order valence-electron chi connectivity index (χ0n) is 11.9. The van der Waals surface area contributed by atoms with Gasteiger partial charge in [0.1, 0.15) is 0 Å². The third-order valence-electron chi connectivity index (χ3n) is 2.37. The van der Waals surface area contributed by atoms with Gasteiger partial charge in [-0.15, -0.1) is 6.42 Å². The second-order valence-electron chi connectivity index (χ2n) is 4.13. The normalized spacial score (nSPS) is 10.6. The molecule has 0 aliphatic rings. The van der Waals surface area contributed by atoms with Crippen molar-refractivity contribution in [2.75, 3.05) is 18.4 Å². The molecule has 1 amide bonds. The van der Waals surface area contributed by atoms with Gasteiger partial charge in [0, 0.05) is 19.2 Å². The zero-order chi connectivity index (χ0) is 14.8. The minimum Gasteiger partial charge on any atom is -0.357 e. The molecule has 0 heterocycles. The second kappa shape index (κ2) is 8.59. The summed E-state index contributed by atoms with van der Waals surface area (Å²) < 4.78 is 0. The maximum absolute atomic E-state index is 11.0. The van der Waals surface area contributed by atoms with Crippen LogP contribution in [0.2, 0.25) is 0 Å². The standard InChI is InChI=1S/C15H20N4O/c1-4-9-17-15(16-5-2)18-11-13-7-6-8-14(10-13)19-12(3)20/h1,6-8,10H,5,9,11H2,2-3H3,(H,19,20)(H2,16,17,18). The number of aliphatic imine (C=N–C) groups is 1. The fourth-order valence-electron chi connectivity index (χ4n) is 1.60. The largest absolute Gasteiger partial charge is 0.357 e. The highest BCUT2D eigenvalue weighted by molar-refractivity contribution is 5.88. The SMILES string of the molecule is C#CCNC(=NCc1cccc(NC(C)=O)c1)NCC. The second-order valence-corrected chi connectivity index (χ2v) is 4.13. The topological polar surface area (TPSA) is 65.5 Å². The predicted molar refractivity (Wildman–Crippen MR) is 82.4 cm³/mol. The number of carbonyl (C=O) groups excluding carboxylic acids is 1. The van der Waals surface area contributed by atoms with Crippen molar-refractivity contribution >= 4 is 17.6 Å². The molecule has 5 nitrogen and oxygen atoms in total. The summed E-state index contributed by atoms with van der Waals surface area (Å²) >= 11 is 0. The van der Waals surface area contributed by atoms with Crippen LogP contribution < -0.4 is 16.0 Å². The van der Waals surface area contributed by atoms with Crippen molar-refractivity contribution < 1.29 is 4.79 Å². The quantitative estimate of drug-likeness (QED) is 0.430. The van der Waals surface area contributed by atoms with Crippen LogP contribution in [0.5, 0.6) is 0 Å². The number of nitrogens with zero attached hydrogens (tertiary/aromatic N) is 1. The molecule has 1 aromatic carbocycles. The Morgan fingerprint density at radius 3 is 2.85 bits per heavy atom. The number of terminal acetylenes is 1. The summed E-state index contributed by atoms with van der Waals surface area (Å²) in [6, 6.07) is 7.59. The molecule has 20 heavy (non-hydrogen) atoms. The van der Waals surface area contributed by atoms with E-state index >= 15 is 0 Å². The molecule has 0 radical (unpaired) electrons. The van der Waals surface area contributed by atoms with Crippen molar-refractivity contribution in [2.45, 2.75) is 20.4 Å². The Bertz CT molecular complexity index is 517. The average molecular weight is 272 g/mol. The molecule has 1 rings (SSSR count). The van der Waals surface area contributed by atoms with E-state index in [1.807, 2.05) is 31.2 Å². The lowest BCUT2D eigenvalue weighted by Gasteiger charge is -2.09. The van der Waals surface area contributed by atoms with Gasteiger partial charge in [-0.05, 0) is 24.6 Å². The fourth-order valence-corrected chi connectivity index (χ4v) is 1.60. The number of benzene rings is 1. The first-order valence-corrected chi connectivity index (χ1v) is 6.48. The Kier molecular flexibility index (Phi) is 6.69. The van der Waals surface area contributed by atoms with Crippen LogP contribution in [0.15, 0.2) is 29.3 Å². The van der Waals surface area contributed by atoms with E-state index in [0.29, 0.717) is 19.0 Å². The number of guanidine groups is 1. The zero-order valence-corrected chi connectivity index (χ0v) is 11.9. The highest BCUT2D eigenvalue weighted by Gasteiger charge is 1.99. The van der Waals surface area contributed by atoms with Crippen molar-refractivity contribution in [3.8, 4) is 12.3 Å². The Morgan fingerprint density at radius 1 is 1.40 bits per heavy atom. The van der Waals surface area contributed by atoms with Crippen molar-refractivity contribution in [3.63, 3.8) is 0 Å². The third-order valence-corrected chi connectivity index (χ3v) is 2.37. The molecule has 0 aliphatic carbocycles. The molecular weight excluding hydrogens is 252 g/mol. The number of hydrogen-bond acceptors (Lipinski definition) is 2. The molecule has 0 fully saturated rings. The number of nitrogens with one attached hydrogen (secondary N) is 3. The first kappa shape index (κ1) is 15.6. The Hall–Kier alpha value is -2.48. The molecule has 3 N–H and O–H groups in total. The van der Waals surface area contributed by atoms with E-state index < -0.39 is 0 Å². The summed E-state index contributed by atoms with van der Waals surface area (Å²) in [5, 5.41) is 8.88. The van der Waals surface area contributed by atoms with Gasteiger partial charge in [-0.3, -0.25) is 4.79 Å². The van der Waals surface area contributed by atoms with Crippen LogP contribution in [0.1, 0.15) is 19.4 Å². The maximum atomic E-state index is 11.0. The van der Waals surface area contributed by atoms with Crippen LogP contribution in [-0.2, 0) is 11.3 Å². The first-order valence-electron chi connectivity index (χ1n) is 6.48. The summed E-state index contributed by atoms with van der Waals surface area (Å²) in [5.74, 6) is 3.09. The number of anilines is 1. The lowest BCUT2D eigenvalue weighted by atomic mass is 10.2. The monoisotopic (exact) mass is 272 g/mol. The van der Waals surface area contributed by atoms with Gasteiger partial charge in [-0.1, -0.05) is 18.1 Å². The highest BCUT2D eigenvalue weighted by Crippen LogP contribution is 2.11. The Morgan fingerprint density at radius 2 is 2.20 bits per heavy atom. The Balaban J connectivity index is 2.70. The van der Waals surface area contributed by atoms with E-state index in [2.05, 4.69) is 26.9 Å². The van der Waals surface area contributed by atoms with E-state index in [1.165, 1.54) is 6.92 Å². The summed E-state index contributed by atoms with van der Waals surface area (Å²) in [7, 11) is 0. The van der Waals surface area contributed by atoms with E-state index in [-0.39, 0.29) is 5.91 Å². The van der Waals surface area contributed by atoms with Gasteiger partial charge in [0.05, 0.1) is 13.1 Å². The molecule has 0 saturated carbocycles. The van der Waals surface area contributed by atoms with E-state index in [1.54, 1.807) is 0 Å². The molecule has 106 valence electrons. The minimum absolute atomic E-state index is 0.0883. The van der Waals surface area contributed by atoms with Crippen LogP contribution in [0, 0.1) is 12.3 Å². The van der Waals surface area contributed by atoms with Gasteiger partial charge in [0.2, 0.25) is 5.91 Å². The molecule has 0 atom stereocenters. The molecule has 5 heteroatoms. The van der Waals surface area contributed by atoms with Crippen LogP contribution in [0.4, 0.5) is 5.69 Å². The van der Waals surface area contributed by atoms with Crippen molar-refractivity contribution in [3.05, 3.63) is 29.8 Å². The van der Waals surface area contributed by atoms with Gasteiger partial charge in [-0.2, -0.15) is 0 Å². The van der Waals surface area contributed by atoms with Crippen LogP contribution in [-0.4, -0.2) is 25.0 Å². The predicted octanol–water partition coefficient (Wildman–Crippen LogP) is 1.33. The molecule has 0 bridgehead atoms. The van der Waals surface area contributed by atoms with E-state index in [4.69, 9.17) is 6.42 Å². The molecule has 1 aromatic rings. The number of rotatable bonds is 5. The van der Waals surface area contributed by atoms with Gasteiger partial charge < -0.3 is 16.0 Å². The number of carbonyl (C=O) groups is 1. The molecule has 0 saturated heterocycles. The van der Waals surface area contributed by atoms with Crippen LogP contribution in [0.25, 0.3) is 0 Å². The first-order chi connectivity index (χ1) is 9.65. The summed E-state index contributed by atoms with van der Waals surface area (Å²) in [5.41, 5.74) is 1.78. The smallest absolute Gasteiger partial charge is 0.221 e. The molecule has 0 spiro atoms. The summed E-state index contributed by atoms with van der Waals surface area (Å²) in [4.78, 5) is 15.4. The van der Waals surface area contributed by atoms with Crippen molar-refractivity contribution in [1.82, 2.24) is 10.6 Å². The van der Waals surface area contributed by atoms with Gasteiger partial charge >= 0.3 is 0 Å². The summed E-state index contributed by atoms with van der Waals surface area (Å²) in [6.45, 7) is 5.18. The van der Waals surface area contributed by atoms with E-state index in [9.17, 15) is 4.79 Å². The fraction of sp³-hybridized carbons (Fsp3) is 0.333. The van der Waals surface area contributed by atoms with E-state index in [0.717, 1.165) is 17.8 Å². The highest BCUT2D eigenvalue weighted by atomic mass is 16.1. The summed E-state index contributed by atoms with van der Waals surface area (Å²) in [6.07, 6.45) is 5.21. The molecular formula is C15H20N4O. The van der Waals surface area contributed by atoms with Gasteiger partial charge in [-0.25, -0.2) is 4.99 Å². The van der Waals surface area contributed by atoms with Gasteiger partial charge in [0.15, 0.2) is 5.96 Å². The lowest BCUT2D eigenvalue weighted by molar-refractivity contribution is -0.114. The van der Waals surface area contributed by atoms with Crippen LogP contribution in [0.3, 0.4) is 0 Å². The molecule has 0 aliphatic heterocycles. The van der Waals surface area contributed by atoms with Gasteiger partial charge in [0.25, 0.3) is 0 Å². The Labute approximate surface area is 119 Å². The lowest BCUT2D eigenvalue weighted by Crippen LogP contribution is -2.37. The van der Waals surface area contributed by atoms with Crippen molar-refractivity contribution in [2.24, 2.45) is 4.99 Å².